The van der Waals surface area contributed by atoms with Crippen molar-refractivity contribution in [3.05, 3.63) is 16.3 Å². The van der Waals surface area contributed by atoms with E-state index in [2.05, 4.69) is 15.3 Å². The van der Waals surface area contributed by atoms with Gasteiger partial charge in [0.15, 0.2) is 5.82 Å². The number of aryl methyl sites for hydroxylation is 1. The molecule has 8 nitrogen and oxygen atoms in total. The number of fused-ring (bicyclic) bond motifs is 1. The fraction of sp³-hybridized carbons (Fsp3) is 0.467. The summed E-state index contributed by atoms with van der Waals surface area (Å²) in [6.45, 7) is 2.36. The number of carbonyl (C=O) groups excluding carboxylic acids is 1. The lowest BCUT2D eigenvalue weighted by atomic mass is 10.2. The van der Waals surface area contributed by atoms with Crippen LogP contribution in [-0.4, -0.2) is 47.7 Å². The van der Waals surface area contributed by atoms with Gasteiger partial charge in [0.1, 0.15) is 11.4 Å². The highest BCUT2D eigenvalue weighted by atomic mass is 32.1. The summed E-state index contributed by atoms with van der Waals surface area (Å²) in [5.41, 5.74) is 0.742. The number of carboxylic acid groups (broad SMARTS) is 1. The van der Waals surface area contributed by atoms with Crippen LogP contribution in [0.1, 0.15) is 33.9 Å². The first-order chi connectivity index (χ1) is 11.5. The number of methoxy groups -OCH3 is 2. The molecule has 2 heterocycles. The lowest BCUT2D eigenvalue weighted by molar-refractivity contribution is -0.137. The summed E-state index contributed by atoms with van der Waals surface area (Å²) in [4.78, 5) is 32.7. The number of nitrogens with one attached hydrogen (secondary N) is 1. The van der Waals surface area contributed by atoms with Crippen molar-refractivity contribution in [2.75, 3.05) is 20.8 Å². The van der Waals surface area contributed by atoms with Crippen LogP contribution >= 0.6 is 11.3 Å². The van der Waals surface area contributed by atoms with Gasteiger partial charge in [0, 0.05) is 20.1 Å². The number of carboxylic acids is 1. The molecule has 0 fully saturated rings. The van der Waals surface area contributed by atoms with Crippen LogP contribution in [0.25, 0.3) is 10.2 Å². The molecule has 9 heteroatoms. The quantitative estimate of drug-likeness (QED) is 0.696. The van der Waals surface area contributed by atoms with Gasteiger partial charge in [0.2, 0.25) is 5.88 Å². The smallest absolute Gasteiger partial charge is 0.303 e. The van der Waals surface area contributed by atoms with Crippen LogP contribution in [0.2, 0.25) is 0 Å². The van der Waals surface area contributed by atoms with E-state index >= 15 is 0 Å². The van der Waals surface area contributed by atoms with Gasteiger partial charge in [-0.2, -0.15) is 4.98 Å². The van der Waals surface area contributed by atoms with Crippen molar-refractivity contribution in [2.24, 2.45) is 0 Å². The summed E-state index contributed by atoms with van der Waals surface area (Å²) in [6, 6.07) is 0. The fourth-order valence-electron chi connectivity index (χ4n) is 2.22. The highest BCUT2D eigenvalue weighted by Crippen LogP contribution is 2.34. The van der Waals surface area contributed by atoms with Crippen LogP contribution in [0, 0.1) is 6.92 Å². The van der Waals surface area contributed by atoms with Crippen molar-refractivity contribution in [1.82, 2.24) is 15.3 Å². The Balaban J connectivity index is 2.26. The third-order valence-electron chi connectivity index (χ3n) is 3.33. The van der Waals surface area contributed by atoms with E-state index in [9.17, 15) is 9.59 Å². The van der Waals surface area contributed by atoms with Crippen molar-refractivity contribution in [1.29, 1.82) is 0 Å². The number of rotatable bonds is 8. The van der Waals surface area contributed by atoms with Crippen LogP contribution in [0.4, 0.5) is 0 Å². The Kier molecular flexibility index (Phi) is 6.04. The van der Waals surface area contributed by atoms with E-state index in [1.165, 1.54) is 18.4 Å². The van der Waals surface area contributed by atoms with Crippen LogP contribution in [-0.2, 0) is 16.1 Å². The number of aromatic nitrogens is 2. The summed E-state index contributed by atoms with van der Waals surface area (Å²) < 4.78 is 10.4. The van der Waals surface area contributed by atoms with Crippen LogP contribution < -0.4 is 10.1 Å². The number of amides is 1. The summed E-state index contributed by atoms with van der Waals surface area (Å²) in [5, 5.41) is 12.0. The van der Waals surface area contributed by atoms with Crippen molar-refractivity contribution >= 4 is 33.4 Å². The maximum Gasteiger partial charge on any atom is 0.303 e. The maximum atomic E-state index is 12.3. The van der Waals surface area contributed by atoms with E-state index in [-0.39, 0.29) is 18.9 Å². The molecule has 0 bridgehead atoms. The van der Waals surface area contributed by atoms with Gasteiger partial charge < -0.3 is 19.9 Å². The molecule has 1 amide bonds. The maximum absolute atomic E-state index is 12.3. The minimum Gasteiger partial charge on any atom is -0.481 e. The number of hydrogen-bond acceptors (Lipinski definition) is 7. The topological polar surface area (TPSA) is 111 Å². The average molecular weight is 353 g/mol. The van der Waals surface area contributed by atoms with E-state index in [0.29, 0.717) is 39.8 Å². The molecule has 0 radical (unpaired) electrons. The Morgan fingerprint density at radius 3 is 2.67 bits per heavy atom. The molecule has 24 heavy (non-hydrogen) atoms. The molecule has 2 aromatic rings. The Morgan fingerprint density at radius 2 is 2.04 bits per heavy atom. The normalized spacial score (nSPS) is 10.8. The molecule has 0 saturated carbocycles. The molecular weight excluding hydrogens is 334 g/mol. The van der Waals surface area contributed by atoms with Crippen LogP contribution in [0.5, 0.6) is 5.88 Å². The van der Waals surface area contributed by atoms with Gasteiger partial charge in [-0.15, -0.1) is 11.3 Å². The summed E-state index contributed by atoms with van der Waals surface area (Å²) in [6.07, 6.45) is 0.400. The van der Waals surface area contributed by atoms with Crippen molar-refractivity contribution in [3.63, 3.8) is 0 Å². The molecule has 130 valence electrons. The van der Waals surface area contributed by atoms with Crippen molar-refractivity contribution in [3.8, 4) is 5.88 Å². The van der Waals surface area contributed by atoms with Gasteiger partial charge in [-0.3, -0.25) is 9.59 Å². The molecule has 0 unspecified atom stereocenters. The second kappa shape index (κ2) is 8.02. The molecule has 0 atom stereocenters. The highest BCUT2D eigenvalue weighted by Gasteiger charge is 2.21. The number of ether oxygens (including phenoxy) is 2. The number of aliphatic carboxylic acids is 1. The largest absolute Gasteiger partial charge is 0.481 e. The number of thiophene rings is 1. The fourth-order valence-corrected chi connectivity index (χ4v) is 3.33. The summed E-state index contributed by atoms with van der Waals surface area (Å²) in [7, 11) is 3.07. The SMILES string of the molecule is COCc1nc(OC)c2c(C)c(C(=O)NCCCC(=O)O)sc2n1. The van der Waals surface area contributed by atoms with Gasteiger partial charge in [-0.1, -0.05) is 0 Å². The zero-order chi connectivity index (χ0) is 17.7. The Bertz CT molecular complexity index is 759. The van der Waals surface area contributed by atoms with Crippen molar-refractivity contribution < 1.29 is 24.2 Å². The standard InChI is InChI=1S/C15H19N3O5S/c1-8-11-14(23-3)17-9(7-22-2)18-15(11)24-12(8)13(21)16-6-4-5-10(19)20/h4-7H2,1-3H3,(H,16,21)(H,19,20). The summed E-state index contributed by atoms with van der Waals surface area (Å²) in [5.74, 6) is -0.244. The molecule has 0 aliphatic carbocycles. The minimum atomic E-state index is -0.882. The van der Waals surface area contributed by atoms with E-state index in [4.69, 9.17) is 14.6 Å². The molecule has 0 aromatic carbocycles. The zero-order valence-electron chi connectivity index (χ0n) is 13.7. The monoisotopic (exact) mass is 353 g/mol. The average Bonchev–Trinajstić information content (AvgIpc) is 2.88. The molecule has 2 aromatic heterocycles. The Labute approximate surface area is 142 Å². The Hall–Kier alpha value is -2.26. The first-order valence-electron chi connectivity index (χ1n) is 7.30. The molecule has 0 aliphatic rings. The van der Waals surface area contributed by atoms with E-state index in [1.807, 2.05) is 6.92 Å². The van der Waals surface area contributed by atoms with Gasteiger partial charge in [0.05, 0.1) is 17.4 Å². The van der Waals surface area contributed by atoms with Gasteiger partial charge >= 0.3 is 5.97 Å². The molecule has 0 saturated heterocycles. The van der Waals surface area contributed by atoms with Crippen LogP contribution in [0.15, 0.2) is 0 Å². The lowest BCUT2D eigenvalue weighted by Crippen LogP contribution is -2.24. The molecule has 0 aliphatic heterocycles. The molecule has 2 rings (SSSR count). The first-order valence-corrected chi connectivity index (χ1v) is 8.12. The third kappa shape index (κ3) is 3.98. The molecular formula is C15H19N3O5S. The number of carbonyl (C=O) groups is 2. The second-order valence-electron chi connectivity index (χ2n) is 5.07. The van der Waals surface area contributed by atoms with Gasteiger partial charge in [0.25, 0.3) is 5.91 Å². The van der Waals surface area contributed by atoms with E-state index in [0.717, 1.165) is 5.56 Å². The minimum absolute atomic E-state index is 0.0192. The number of hydrogen-bond donors (Lipinski definition) is 2. The van der Waals surface area contributed by atoms with Crippen molar-refractivity contribution in [2.45, 2.75) is 26.4 Å². The predicted molar refractivity (Wildman–Crippen MR) is 88.6 cm³/mol. The van der Waals surface area contributed by atoms with E-state index in [1.54, 1.807) is 7.11 Å². The van der Waals surface area contributed by atoms with Gasteiger partial charge in [-0.25, -0.2) is 4.98 Å². The second-order valence-corrected chi connectivity index (χ2v) is 6.07. The highest BCUT2D eigenvalue weighted by molar-refractivity contribution is 7.20. The first kappa shape index (κ1) is 18.1. The van der Waals surface area contributed by atoms with Crippen LogP contribution in [0.3, 0.4) is 0 Å². The van der Waals surface area contributed by atoms with Gasteiger partial charge in [-0.05, 0) is 18.9 Å². The molecule has 0 spiro atoms. The molecule has 2 N–H and O–H groups in total. The zero-order valence-corrected chi connectivity index (χ0v) is 14.5. The summed E-state index contributed by atoms with van der Waals surface area (Å²) >= 11 is 1.25. The Morgan fingerprint density at radius 1 is 1.29 bits per heavy atom. The number of nitrogens with zero attached hydrogens (tertiary/aromatic N) is 2. The van der Waals surface area contributed by atoms with E-state index < -0.39 is 5.97 Å². The predicted octanol–water partition coefficient (Wildman–Crippen LogP) is 1.75. The lowest BCUT2D eigenvalue weighted by Gasteiger charge is -2.05. The third-order valence-corrected chi connectivity index (χ3v) is 4.51.